The van der Waals surface area contributed by atoms with Gasteiger partial charge < -0.3 is 14.8 Å². The quantitative estimate of drug-likeness (QED) is 0.690. The first kappa shape index (κ1) is 16.2. The second kappa shape index (κ2) is 7.17. The van der Waals surface area contributed by atoms with Crippen LogP contribution in [0, 0.1) is 11.3 Å². The summed E-state index contributed by atoms with van der Waals surface area (Å²) in [6.45, 7) is 4.15. The maximum Gasteiger partial charge on any atom is 0.211 e. The number of nitrogens with one attached hydrogen (secondary N) is 2. The summed E-state index contributed by atoms with van der Waals surface area (Å²) in [5.41, 5.74) is -0.0702. The smallest absolute Gasteiger partial charge is 0.211 e. The van der Waals surface area contributed by atoms with Crippen LogP contribution in [-0.2, 0) is 19.5 Å². The zero-order valence-corrected chi connectivity index (χ0v) is 13.0. The van der Waals surface area contributed by atoms with Gasteiger partial charge in [-0.3, -0.25) is 0 Å². The van der Waals surface area contributed by atoms with E-state index in [0.29, 0.717) is 26.4 Å². The molecule has 0 amide bonds. The number of rotatable bonds is 7. The molecule has 0 aliphatic carbocycles. The summed E-state index contributed by atoms with van der Waals surface area (Å²) < 4.78 is 37.6. The monoisotopic (exact) mass is 306 g/mol. The summed E-state index contributed by atoms with van der Waals surface area (Å²) in [6.07, 6.45) is 2.72. The van der Waals surface area contributed by atoms with E-state index in [1.54, 1.807) is 7.11 Å². The second-order valence-corrected chi connectivity index (χ2v) is 7.87. The van der Waals surface area contributed by atoms with Gasteiger partial charge in [-0.2, -0.15) is 0 Å². The highest BCUT2D eigenvalue weighted by molar-refractivity contribution is 7.89. The predicted molar refractivity (Wildman–Crippen MR) is 77.1 cm³/mol. The van der Waals surface area contributed by atoms with Gasteiger partial charge in [0.25, 0.3) is 0 Å². The molecule has 0 saturated carbocycles. The van der Waals surface area contributed by atoms with E-state index in [-0.39, 0.29) is 17.1 Å². The number of piperidine rings is 1. The van der Waals surface area contributed by atoms with Gasteiger partial charge in [0.1, 0.15) is 0 Å². The molecule has 0 aromatic carbocycles. The van der Waals surface area contributed by atoms with Gasteiger partial charge in [0.15, 0.2) is 0 Å². The van der Waals surface area contributed by atoms with Gasteiger partial charge in [-0.15, -0.1) is 0 Å². The number of sulfonamides is 1. The highest BCUT2D eigenvalue weighted by Gasteiger charge is 2.34. The molecule has 2 heterocycles. The lowest BCUT2D eigenvalue weighted by Crippen LogP contribution is -2.47. The Morgan fingerprint density at radius 3 is 2.75 bits per heavy atom. The van der Waals surface area contributed by atoms with E-state index in [1.807, 2.05) is 0 Å². The minimum Gasteiger partial charge on any atom is -0.384 e. The van der Waals surface area contributed by atoms with Gasteiger partial charge in [-0.05, 0) is 38.3 Å². The Bertz CT molecular complexity index is 382. The van der Waals surface area contributed by atoms with Crippen LogP contribution in [0.2, 0.25) is 0 Å². The Balaban J connectivity index is 1.87. The van der Waals surface area contributed by atoms with Crippen molar-refractivity contribution in [1.29, 1.82) is 0 Å². The van der Waals surface area contributed by atoms with Crippen molar-refractivity contribution < 1.29 is 17.9 Å². The Morgan fingerprint density at radius 1 is 1.40 bits per heavy atom. The molecule has 1 unspecified atom stereocenters. The van der Waals surface area contributed by atoms with Crippen LogP contribution in [0.4, 0.5) is 0 Å². The second-order valence-electron chi connectivity index (χ2n) is 6.02. The van der Waals surface area contributed by atoms with Crippen LogP contribution < -0.4 is 10.0 Å². The van der Waals surface area contributed by atoms with Crippen LogP contribution in [0.5, 0.6) is 0 Å². The van der Waals surface area contributed by atoms with Crippen molar-refractivity contribution in [2.45, 2.75) is 19.3 Å². The molecule has 0 radical (unpaired) electrons. The van der Waals surface area contributed by atoms with Crippen molar-refractivity contribution in [3.05, 3.63) is 0 Å². The fourth-order valence-electron chi connectivity index (χ4n) is 2.98. The molecule has 2 aliphatic rings. The number of ether oxygens (including phenoxy) is 2. The molecule has 2 aliphatic heterocycles. The molecule has 118 valence electrons. The molecule has 2 rings (SSSR count). The SMILES string of the molecule is COCC1(CNS(=O)(=O)CC2CCOC2)CCNCC1. The van der Waals surface area contributed by atoms with E-state index in [2.05, 4.69) is 10.0 Å². The highest BCUT2D eigenvalue weighted by atomic mass is 32.2. The van der Waals surface area contributed by atoms with Crippen LogP contribution in [0.3, 0.4) is 0 Å². The number of methoxy groups -OCH3 is 1. The van der Waals surface area contributed by atoms with Crippen LogP contribution in [0.25, 0.3) is 0 Å². The number of hydrogen-bond donors (Lipinski definition) is 2. The lowest BCUT2D eigenvalue weighted by Gasteiger charge is -2.37. The van der Waals surface area contributed by atoms with Gasteiger partial charge in [-0.25, -0.2) is 13.1 Å². The van der Waals surface area contributed by atoms with Crippen molar-refractivity contribution in [3.8, 4) is 0 Å². The fraction of sp³-hybridized carbons (Fsp3) is 1.00. The molecule has 1 atom stereocenters. The van der Waals surface area contributed by atoms with Crippen LogP contribution in [-0.4, -0.2) is 60.7 Å². The molecule has 7 heteroatoms. The van der Waals surface area contributed by atoms with Gasteiger partial charge >= 0.3 is 0 Å². The van der Waals surface area contributed by atoms with Gasteiger partial charge in [0.2, 0.25) is 10.0 Å². The largest absolute Gasteiger partial charge is 0.384 e. The van der Waals surface area contributed by atoms with Crippen LogP contribution >= 0.6 is 0 Å². The maximum absolute atomic E-state index is 12.2. The summed E-state index contributed by atoms with van der Waals surface area (Å²) in [5, 5.41) is 3.30. The molecule has 0 bridgehead atoms. The Labute approximate surface area is 121 Å². The molecule has 2 fully saturated rings. The van der Waals surface area contributed by atoms with E-state index < -0.39 is 10.0 Å². The summed E-state index contributed by atoms with van der Waals surface area (Å²) >= 11 is 0. The third-order valence-electron chi connectivity index (χ3n) is 4.26. The molecule has 20 heavy (non-hydrogen) atoms. The first-order chi connectivity index (χ1) is 9.55. The average molecular weight is 306 g/mol. The minimum atomic E-state index is -3.23. The molecule has 6 nitrogen and oxygen atoms in total. The van der Waals surface area contributed by atoms with Gasteiger partial charge in [-0.1, -0.05) is 0 Å². The predicted octanol–water partition coefficient (Wildman–Crippen LogP) is -0.0415. The average Bonchev–Trinajstić information content (AvgIpc) is 2.90. The minimum absolute atomic E-state index is 0.0702. The van der Waals surface area contributed by atoms with E-state index >= 15 is 0 Å². The molecule has 0 spiro atoms. The molecule has 0 aromatic heterocycles. The van der Waals surface area contributed by atoms with Gasteiger partial charge in [0, 0.05) is 25.7 Å². The lowest BCUT2D eigenvalue weighted by molar-refractivity contribution is 0.0577. The molecule has 2 saturated heterocycles. The summed E-state index contributed by atoms with van der Waals surface area (Å²) in [7, 11) is -1.55. The van der Waals surface area contributed by atoms with E-state index in [0.717, 1.165) is 32.4 Å². The maximum atomic E-state index is 12.2. The molecule has 0 aromatic rings. The topological polar surface area (TPSA) is 76.7 Å². The third kappa shape index (κ3) is 4.66. The van der Waals surface area contributed by atoms with Crippen molar-refractivity contribution in [2.24, 2.45) is 11.3 Å². The van der Waals surface area contributed by atoms with E-state index in [1.165, 1.54) is 0 Å². The van der Waals surface area contributed by atoms with E-state index in [9.17, 15) is 8.42 Å². The Morgan fingerprint density at radius 2 is 2.15 bits per heavy atom. The molecule has 2 N–H and O–H groups in total. The third-order valence-corrected chi connectivity index (χ3v) is 5.76. The molecular weight excluding hydrogens is 280 g/mol. The normalized spacial score (nSPS) is 26.8. The van der Waals surface area contributed by atoms with Crippen LogP contribution in [0.15, 0.2) is 0 Å². The summed E-state index contributed by atoms with van der Waals surface area (Å²) in [5.74, 6) is 0.313. The highest BCUT2D eigenvalue weighted by Crippen LogP contribution is 2.28. The standard InChI is InChI=1S/C13H26N2O4S/c1-18-11-13(3-5-14-6-4-13)10-15-20(16,17)9-12-2-7-19-8-12/h12,14-15H,2-11H2,1H3. The zero-order valence-electron chi connectivity index (χ0n) is 12.2. The van der Waals surface area contributed by atoms with Gasteiger partial charge in [0.05, 0.1) is 19.0 Å². The Hall–Kier alpha value is -0.210. The fourth-order valence-corrected chi connectivity index (χ4v) is 4.51. The van der Waals surface area contributed by atoms with Crippen molar-refractivity contribution >= 4 is 10.0 Å². The molecular formula is C13H26N2O4S. The lowest BCUT2D eigenvalue weighted by atomic mass is 9.80. The van der Waals surface area contributed by atoms with Crippen molar-refractivity contribution in [1.82, 2.24) is 10.0 Å². The zero-order chi connectivity index (χ0) is 14.5. The van der Waals surface area contributed by atoms with Crippen molar-refractivity contribution in [3.63, 3.8) is 0 Å². The van der Waals surface area contributed by atoms with Crippen LogP contribution in [0.1, 0.15) is 19.3 Å². The van der Waals surface area contributed by atoms with Crippen molar-refractivity contribution in [2.75, 3.05) is 52.3 Å². The first-order valence-electron chi connectivity index (χ1n) is 7.30. The summed E-state index contributed by atoms with van der Waals surface area (Å²) in [4.78, 5) is 0. The first-order valence-corrected chi connectivity index (χ1v) is 8.95. The Kier molecular flexibility index (Phi) is 5.80. The summed E-state index contributed by atoms with van der Waals surface area (Å²) in [6, 6.07) is 0. The van der Waals surface area contributed by atoms with E-state index in [4.69, 9.17) is 9.47 Å². The number of hydrogen-bond acceptors (Lipinski definition) is 5.